The monoisotopic (exact) mass is 380 g/mol. The van der Waals surface area contributed by atoms with Crippen molar-refractivity contribution in [3.63, 3.8) is 0 Å². The summed E-state index contributed by atoms with van der Waals surface area (Å²) >= 11 is 1.66. The van der Waals surface area contributed by atoms with Crippen LogP contribution >= 0.6 is 11.3 Å². The average molecular weight is 381 g/mol. The fourth-order valence-corrected chi connectivity index (χ4v) is 5.37. The van der Waals surface area contributed by atoms with E-state index in [-0.39, 0.29) is 12.1 Å². The van der Waals surface area contributed by atoms with Crippen molar-refractivity contribution in [2.24, 2.45) is 0 Å². The van der Waals surface area contributed by atoms with E-state index in [1.807, 2.05) is 37.4 Å². The minimum absolute atomic E-state index is 0.00382. The van der Waals surface area contributed by atoms with Crippen LogP contribution in [0.5, 0.6) is 0 Å². The Kier molecular flexibility index (Phi) is 5.91. The number of morpholine rings is 1. The van der Waals surface area contributed by atoms with Crippen molar-refractivity contribution in [1.29, 1.82) is 0 Å². The number of nitrogens with zero attached hydrogens (tertiary/aromatic N) is 1. The summed E-state index contributed by atoms with van der Waals surface area (Å²) in [6.45, 7) is 6.85. The first kappa shape index (κ1) is 18.5. The van der Waals surface area contributed by atoms with Gasteiger partial charge in [-0.25, -0.2) is 13.1 Å². The van der Waals surface area contributed by atoms with Gasteiger partial charge in [-0.1, -0.05) is 23.8 Å². The van der Waals surface area contributed by atoms with E-state index in [0.717, 1.165) is 18.7 Å². The summed E-state index contributed by atoms with van der Waals surface area (Å²) in [6, 6.07) is 10.8. The topological polar surface area (TPSA) is 58.6 Å². The van der Waals surface area contributed by atoms with Crippen LogP contribution in [0.25, 0.3) is 0 Å². The summed E-state index contributed by atoms with van der Waals surface area (Å²) in [6.07, 6.45) is 0. The highest BCUT2D eigenvalue weighted by molar-refractivity contribution is 7.89. The van der Waals surface area contributed by atoms with Gasteiger partial charge in [-0.05, 0) is 37.4 Å². The lowest BCUT2D eigenvalue weighted by molar-refractivity contribution is 0.0113. The molecule has 0 unspecified atom stereocenters. The van der Waals surface area contributed by atoms with Gasteiger partial charge in [-0.3, -0.25) is 4.90 Å². The molecule has 1 aromatic carbocycles. The molecule has 0 aliphatic carbocycles. The van der Waals surface area contributed by atoms with Gasteiger partial charge in [0.05, 0.1) is 24.2 Å². The molecule has 136 valence electrons. The summed E-state index contributed by atoms with van der Waals surface area (Å²) in [5.41, 5.74) is 1.04. The minimum Gasteiger partial charge on any atom is -0.379 e. The Morgan fingerprint density at radius 1 is 1.16 bits per heavy atom. The molecule has 0 radical (unpaired) electrons. The van der Waals surface area contributed by atoms with Crippen LogP contribution in [0.2, 0.25) is 0 Å². The summed E-state index contributed by atoms with van der Waals surface area (Å²) in [7, 11) is -3.55. The Hall–Kier alpha value is -1.25. The van der Waals surface area contributed by atoms with E-state index in [4.69, 9.17) is 4.74 Å². The van der Waals surface area contributed by atoms with Gasteiger partial charge in [0.15, 0.2) is 0 Å². The second-order valence-electron chi connectivity index (χ2n) is 6.33. The van der Waals surface area contributed by atoms with Crippen LogP contribution in [0, 0.1) is 6.92 Å². The van der Waals surface area contributed by atoms with E-state index in [1.54, 1.807) is 23.5 Å². The van der Waals surface area contributed by atoms with Crippen molar-refractivity contribution in [3.05, 3.63) is 52.2 Å². The SMILES string of the molecule is Cc1ccc(S(=O)(=O)N[C@@H](C)[C@@H](c2cccs2)N2CCOCC2)cc1. The molecule has 1 aromatic heterocycles. The maximum absolute atomic E-state index is 12.8. The van der Waals surface area contributed by atoms with Crippen molar-refractivity contribution in [3.8, 4) is 0 Å². The molecule has 1 fully saturated rings. The molecule has 1 aliphatic rings. The standard InChI is InChI=1S/C18H24N2O3S2/c1-14-5-7-16(8-6-14)25(21,22)19-15(2)18(17-4-3-13-24-17)20-9-11-23-12-10-20/h3-8,13,15,18-19H,9-12H2,1-2H3/t15-,18-/m0/s1. The molecular weight excluding hydrogens is 356 g/mol. The van der Waals surface area contributed by atoms with Gasteiger partial charge in [-0.15, -0.1) is 11.3 Å². The predicted octanol–water partition coefficient (Wildman–Crippen LogP) is 2.80. The van der Waals surface area contributed by atoms with E-state index in [2.05, 4.69) is 15.7 Å². The number of aryl methyl sites for hydroxylation is 1. The van der Waals surface area contributed by atoms with Crippen molar-refractivity contribution in [2.45, 2.75) is 30.8 Å². The van der Waals surface area contributed by atoms with Gasteiger partial charge >= 0.3 is 0 Å². The van der Waals surface area contributed by atoms with Crippen LogP contribution in [0.15, 0.2) is 46.7 Å². The first-order chi connectivity index (χ1) is 12.0. The van der Waals surface area contributed by atoms with E-state index in [1.165, 1.54) is 4.88 Å². The lowest BCUT2D eigenvalue weighted by atomic mass is 10.1. The Balaban J connectivity index is 1.82. The fourth-order valence-electron chi connectivity index (χ4n) is 3.15. The minimum atomic E-state index is -3.55. The Morgan fingerprint density at radius 3 is 2.44 bits per heavy atom. The van der Waals surface area contributed by atoms with Gasteiger partial charge in [0.2, 0.25) is 10.0 Å². The van der Waals surface area contributed by atoms with E-state index in [0.29, 0.717) is 18.1 Å². The lowest BCUT2D eigenvalue weighted by Crippen LogP contribution is -2.48. The molecule has 25 heavy (non-hydrogen) atoms. The molecule has 1 aliphatic heterocycles. The van der Waals surface area contributed by atoms with Gasteiger partial charge in [-0.2, -0.15) is 0 Å². The summed E-state index contributed by atoms with van der Waals surface area (Å²) < 4.78 is 33.8. The van der Waals surface area contributed by atoms with Crippen molar-refractivity contribution < 1.29 is 13.2 Å². The number of hydrogen-bond acceptors (Lipinski definition) is 5. The number of hydrogen-bond donors (Lipinski definition) is 1. The fraction of sp³-hybridized carbons (Fsp3) is 0.444. The predicted molar refractivity (Wildman–Crippen MR) is 100 cm³/mol. The normalized spacial score (nSPS) is 18.8. The number of nitrogens with one attached hydrogen (secondary N) is 1. The molecule has 2 atom stereocenters. The highest BCUT2D eigenvalue weighted by Gasteiger charge is 2.31. The Labute approximate surface area is 153 Å². The second-order valence-corrected chi connectivity index (χ2v) is 9.02. The van der Waals surface area contributed by atoms with Crippen LogP contribution in [0.3, 0.4) is 0 Å². The average Bonchev–Trinajstić information content (AvgIpc) is 3.10. The zero-order valence-corrected chi connectivity index (χ0v) is 16.1. The summed E-state index contributed by atoms with van der Waals surface area (Å²) in [4.78, 5) is 3.77. The third kappa shape index (κ3) is 4.48. The smallest absolute Gasteiger partial charge is 0.240 e. The molecule has 0 spiro atoms. The second kappa shape index (κ2) is 7.97. The largest absolute Gasteiger partial charge is 0.379 e. The number of ether oxygens (including phenoxy) is 1. The highest BCUT2D eigenvalue weighted by atomic mass is 32.2. The molecule has 2 heterocycles. The third-order valence-electron chi connectivity index (χ3n) is 4.42. The van der Waals surface area contributed by atoms with Crippen LogP contribution in [0.4, 0.5) is 0 Å². The van der Waals surface area contributed by atoms with Crippen LogP contribution in [0.1, 0.15) is 23.4 Å². The number of rotatable bonds is 6. The number of thiophene rings is 1. The summed E-state index contributed by atoms with van der Waals surface area (Å²) in [5, 5.41) is 2.03. The first-order valence-electron chi connectivity index (χ1n) is 8.41. The first-order valence-corrected chi connectivity index (χ1v) is 10.8. The lowest BCUT2D eigenvalue weighted by Gasteiger charge is -2.37. The highest BCUT2D eigenvalue weighted by Crippen LogP contribution is 2.29. The van der Waals surface area contributed by atoms with Gasteiger partial charge < -0.3 is 4.74 Å². The quantitative estimate of drug-likeness (QED) is 0.837. The molecule has 1 N–H and O–H groups in total. The van der Waals surface area contributed by atoms with E-state index in [9.17, 15) is 8.42 Å². The van der Waals surface area contributed by atoms with Crippen molar-refractivity contribution in [2.75, 3.05) is 26.3 Å². The maximum Gasteiger partial charge on any atom is 0.240 e. The molecule has 0 amide bonds. The molecule has 5 nitrogen and oxygen atoms in total. The number of benzene rings is 1. The molecule has 0 saturated carbocycles. The van der Waals surface area contributed by atoms with Crippen LogP contribution < -0.4 is 4.72 Å². The zero-order chi connectivity index (χ0) is 17.9. The molecule has 0 bridgehead atoms. The Bertz CT molecular complexity index is 767. The third-order valence-corrected chi connectivity index (χ3v) is 6.94. The molecule has 3 rings (SSSR count). The molecule has 7 heteroatoms. The maximum atomic E-state index is 12.8. The van der Waals surface area contributed by atoms with Gasteiger partial charge in [0.1, 0.15) is 0 Å². The van der Waals surface area contributed by atoms with Crippen molar-refractivity contribution in [1.82, 2.24) is 9.62 Å². The summed E-state index contributed by atoms with van der Waals surface area (Å²) in [5.74, 6) is 0. The van der Waals surface area contributed by atoms with E-state index < -0.39 is 10.0 Å². The molecular formula is C18H24N2O3S2. The zero-order valence-electron chi connectivity index (χ0n) is 14.5. The molecule has 1 saturated heterocycles. The van der Waals surface area contributed by atoms with E-state index >= 15 is 0 Å². The van der Waals surface area contributed by atoms with Crippen molar-refractivity contribution >= 4 is 21.4 Å². The molecule has 2 aromatic rings. The van der Waals surface area contributed by atoms with Crippen LogP contribution in [-0.4, -0.2) is 45.7 Å². The van der Waals surface area contributed by atoms with Crippen LogP contribution in [-0.2, 0) is 14.8 Å². The number of sulfonamides is 1. The van der Waals surface area contributed by atoms with Gasteiger partial charge in [0.25, 0.3) is 0 Å². The Morgan fingerprint density at radius 2 is 1.84 bits per heavy atom. The van der Waals surface area contributed by atoms with Gasteiger partial charge in [0, 0.05) is 24.0 Å².